The zero-order valence-corrected chi connectivity index (χ0v) is 13.7. The van der Waals surface area contributed by atoms with Gasteiger partial charge < -0.3 is 14.6 Å². The molecule has 1 aromatic carbocycles. The minimum atomic E-state index is -0.572. The van der Waals surface area contributed by atoms with E-state index in [1.807, 2.05) is 43.3 Å². The average molecular weight is 328 g/mol. The monoisotopic (exact) mass is 328 g/mol. The fourth-order valence-electron chi connectivity index (χ4n) is 2.41. The third-order valence-electron chi connectivity index (χ3n) is 3.65. The van der Waals surface area contributed by atoms with Crippen LogP contribution in [0.25, 0.3) is 0 Å². The van der Waals surface area contributed by atoms with Crippen LogP contribution >= 0.6 is 0 Å². The number of rotatable bonds is 7. The van der Waals surface area contributed by atoms with E-state index in [-0.39, 0.29) is 11.4 Å². The number of aromatic amines is 1. The van der Waals surface area contributed by atoms with Crippen LogP contribution in [0.2, 0.25) is 0 Å². The molecule has 1 unspecified atom stereocenters. The van der Waals surface area contributed by atoms with Gasteiger partial charge in [0.25, 0.3) is 5.56 Å². The molecule has 126 valence electrons. The van der Waals surface area contributed by atoms with Crippen molar-refractivity contribution in [1.29, 1.82) is 5.26 Å². The molecule has 0 aliphatic heterocycles. The third kappa shape index (κ3) is 4.37. The Morgan fingerprint density at radius 2 is 2.04 bits per heavy atom. The Kier molecular flexibility index (Phi) is 5.99. The molecule has 1 atom stereocenters. The molecule has 0 fully saturated rings. The van der Waals surface area contributed by atoms with E-state index in [1.54, 1.807) is 6.92 Å². The van der Waals surface area contributed by atoms with Gasteiger partial charge >= 0.3 is 0 Å². The number of para-hydroxylation sites is 1. The van der Waals surface area contributed by atoms with E-state index >= 15 is 0 Å². The Morgan fingerprint density at radius 1 is 1.33 bits per heavy atom. The van der Waals surface area contributed by atoms with E-state index in [2.05, 4.69) is 4.98 Å². The summed E-state index contributed by atoms with van der Waals surface area (Å²) in [6.07, 6.45) is 0.710. The number of H-pyrrole nitrogens is 1. The van der Waals surface area contributed by atoms with E-state index in [0.717, 1.165) is 5.75 Å². The number of aromatic hydroxyl groups is 1. The molecule has 0 aliphatic rings. The van der Waals surface area contributed by atoms with Gasteiger partial charge in [0, 0.05) is 5.56 Å². The first kappa shape index (κ1) is 17.6. The average Bonchev–Trinajstić information content (AvgIpc) is 2.55. The van der Waals surface area contributed by atoms with Crippen LogP contribution in [0.4, 0.5) is 0 Å². The highest BCUT2D eigenvalue weighted by Crippen LogP contribution is 2.20. The fourth-order valence-corrected chi connectivity index (χ4v) is 2.41. The number of aromatic nitrogens is 1. The lowest BCUT2D eigenvalue weighted by atomic mass is 10.0. The minimum Gasteiger partial charge on any atom is -0.494 e. The van der Waals surface area contributed by atoms with Crippen LogP contribution < -0.4 is 10.3 Å². The summed E-state index contributed by atoms with van der Waals surface area (Å²) in [5, 5.41) is 18.9. The zero-order valence-electron chi connectivity index (χ0n) is 13.7. The summed E-state index contributed by atoms with van der Waals surface area (Å²) in [5.74, 6) is 0.544. The molecule has 0 saturated heterocycles. The summed E-state index contributed by atoms with van der Waals surface area (Å²) in [4.78, 5) is 13.9. The van der Waals surface area contributed by atoms with Crippen LogP contribution in [0.15, 0.2) is 35.1 Å². The fraction of sp³-hybridized carbons (Fsp3) is 0.333. The maximum atomic E-state index is 11.6. The Labute approximate surface area is 140 Å². The number of nitrogens with zero attached hydrogens (tertiary/aromatic N) is 1. The first-order chi connectivity index (χ1) is 11.5. The topological polar surface area (TPSA) is 95.3 Å². The molecular formula is C18H20N2O4. The van der Waals surface area contributed by atoms with Crippen LogP contribution in [0.1, 0.15) is 30.0 Å². The second-order valence-electron chi connectivity index (χ2n) is 5.37. The van der Waals surface area contributed by atoms with Crippen LogP contribution in [0.3, 0.4) is 0 Å². The maximum absolute atomic E-state index is 11.6. The SMILES string of the molecule is Cc1c(CCCOC(C)Oc2ccccc2)c(O)[nH]c(=O)c1C#N. The van der Waals surface area contributed by atoms with Gasteiger partial charge in [0.2, 0.25) is 0 Å². The lowest BCUT2D eigenvalue weighted by Crippen LogP contribution is -2.18. The standard InChI is InChI=1S/C18H20N2O4/c1-12-15(17(21)20-18(22)16(12)11-19)9-6-10-23-13(2)24-14-7-4-3-5-8-14/h3-5,7-8,13H,6,9-10H2,1-2H3,(H2,20,21,22). The Bertz CT molecular complexity index is 778. The summed E-state index contributed by atoms with van der Waals surface area (Å²) in [5.41, 5.74) is 0.528. The van der Waals surface area contributed by atoms with E-state index in [9.17, 15) is 9.90 Å². The molecule has 6 nitrogen and oxygen atoms in total. The Balaban J connectivity index is 1.87. The molecule has 0 spiro atoms. The predicted molar refractivity (Wildman–Crippen MR) is 89.0 cm³/mol. The second-order valence-corrected chi connectivity index (χ2v) is 5.37. The molecule has 0 radical (unpaired) electrons. The van der Waals surface area contributed by atoms with Crippen molar-refractivity contribution in [3.63, 3.8) is 0 Å². The molecule has 1 aromatic heterocycles. The molecule has 0 saturated carbocycles. The maximum Gasteiger partial charge on any atom is 0.268 e. The van der Waals surface area contributed by atoms with Crippen LogP contribution in [0, 0.1) is 18.3 Å². The van der Waals surface area contributed by atoms with Gasteiger partial charge in [-0.3, -0.25) is 9.78 Å². The molecule has 1 heterocycles. The van der Waals surface area contributed by atoms with Crippen molar-refractivity contribution in [2.75, 3.05) is 6.61 Å². The number of hydrogen-bond acceptors (Lipinski definition) is 5. The van der Waals surface area contributed by atoms with Crippen molar-refractivity contribution >= 4 is 0 Å². The molecule has 24 heavy (non-hydrogen) atoms. The number of ether oxygens (including phenoxy) is 2. The van der Waals surface area contributed by atoms with Gasteiger partial charge in [-0.2, -0.15) is 5.26 Å². The lowest BCUT2D eigenvalue weighted by Gasteiger charge is -2.15. The Morgan fingerprint density at radius 3 is 2.71 bits per heavy atom. The molecule has 6 heteroatoms. The smallest absolute Gasteiger partial charge is 0.268 e. The summed E-state index contributed by atoms with van der Waals surface area (Å²) in [6.45, 7) is 3.89. The molecule has 2 N–H and O–H groups in total. The van der Waals surface area contributed by atoms with Crippen LogP contribution in [-0.4, -0.2) is 23.0 Å². The number of pyridine rings is 1. The number of benzene rings is 1. The van der Waals surface area contributed by atoms with Crippen molar-refractivity contribution in [1.82, 2.24) is 4.98 Å². The highest BCUT2D eigenvalue weighted by molar-refractivity contribution is 5.44. The van der Waals surface area contributed by atoms with E-state index in [1.165, 1.54) is 0 Å². The second kappa shape index (κ2) is 8.18. The number of hydrogen-bond donors (Lipinski definition) is 2. The summed E-state index contributed by atoms with van der Waals surface area (Å²) < 4.78 is 11.2. The number of nitriles is 1. The quantitative estimate of drug-likeness (QED) is 0.602. The van der Waals surface area contributed by atoms with Crippen molar-refractivity contribution in [3.05, 3.63) is 57.4 Å². The van der Waals surface area contributed by atoms with Gasteiger partial charge in [0.05, 0.1) is 6.61 Å². The van der Waals surface area contributed by atoms with Crippen LogP contribution in [-0.2, 0) is 11.2 Å². The van der Waals surface area contributed by atoms with Crippen LogP contribution in [0.5, 0.6) is 11.6 Å². The third-order valence-corrected chi connectivity index (χ3v) is 3.65. The largest absolute Gasteiger partial charge is 0.494 e. The number of nitrogens with one attached hydrogen (secondary N) is 1. The van der Waals surface area contributed by atoms with Gasteiger partial charge in [0.1, 0.15) is 17.4 Å². The van der Waals surface area contributed by atoms with Crippen molar-refractivity contribution < 1.29 is 14.6 Å². The zero-order chi connectivity index (χ0) is 17.5. The lowest BCUT2D eigenvalue weighted by molar-refractivity contribution is -0.0672. The molecule has 0 bridgehead atoms. The molecule has 0 amide bonds. The van der Waals surface area contributed by atoms with Gasteiger partial charge in [0.15, 0.2) is 12.2 Å². The predicted octanol–water partition coefficient (Wildman–Crippen LogP) is 2.63. The molecule has 2 rings (SSSR count). The molecule has 0 aliphatic carbocycles. The van der Waals surface area contributed by atoms with Crippen molar-refractivity contribution in [2.24, 2.45) is 0 Å². The minimum absolute atomic E-state index is 0.0319. The molecule has 2 aromatic rings. The van der Waals surface area contributed by atoms with Gasteiger partial charge in [-0.15, -0.1) is 0 Å². The summed E-state index contributed by atoms with van der Waals surface area (Å²) in [7, 11) is 0. The van der Waals surface area contributed by atoms with E-state index in [4.69, 9.17) is 14.7 Å². The van der Waals surface area contributed by atoms with Gasteiger partial charge in [-0.1, -0.05) is 18.2 Å². The summed E-state index contributed by atoms with van der Waals surface area (Å²) >= 11 is 0. The highest BCUT2D eigenvalue weighted by atomic mass is 16.7. The molecular weight excluding hydrogens is 308 g/mol. The van der Waals surface area contributed by atoms with Gasteiger partial charge in [-0.05, 0) is 44.4 Å². The first-order valence-electron chi connectivity index (χ1n) is 7.71. The highest BCUT2D eigenvalue weighted by Gasteiger charge is 2.13. The Hall–Kier alpha value is -2.78. The van der Waals surface area contributed by atoms with Crippen molar-refractivity contribution in [3.8, 4) is 17.7 Å². The first-order valence-corrected chi connectivity index (χ1v) is 7.71. The van der Waals surface area contributed by atoms with E-state index < -0.39 is 11.8 Å². The van der Waals surface area contributed by atoms with E-state index in [0.29, 0.717) is 30.6 Å². The summed E-state index contributed by atoms with van der Waals surface area (Å²) in [6, 6.07) is 11.2. The van der Waals surface area contributed by atoms with Gasteiger partial charge in [-0.25, -0.2) is 0 Å². The normalized spacial score (nSPS) is 11.7. The van der Waals surface area contributed by atoms with Crippen molar-refractivity contribution in [2.45, 2.75) is 33.0 Å².